The van der Waals surface area contributed by atoms with Gasteiger partial charge in [0, 0.05) is 31.7 Å². The van der Waals surface area contributed by atoms with Crippen molar-refractivity contribution in [3.8, 4) is 0 Å². The van der Waals surface area contributed by atoms with Crippen molar-refractivity contribution in [3.63, 3.8) is 0 Å². The number of ether oxygens (including phenoxy) is 1. The van der Waals surface area contributed by atoms with Gasteiger partial charge in [-0.25, -0.2) is 4.99 Å². The minimum absolute atomic E-state index is 0. The molecule has 8 heteroatoms. The van der Waals surface area contributed by atoms with E-state index in [0.717, 1.165) is 30.6 Å². The van der Waals surface area contributed by atoms with Crippen LogP contribution in [0.25, 0.3) is 0 Å². The molecular formula is C20H35IN6O. The van der Waals surface area contributed by atoms with Crippen molar-refractivity contribution in [2.75, 3.05) is 13.2 Å². The Hall–Kier alpha value is -1.16. The Morgan fingerprint density at radius 3 is 2.71 bits per heavy atom. The number of nitrogens with zero attached hydrogens (tertiary/aromatic N) is 4. The van der Waals surface area contributed by atoms with Crippen molar-refractivity contribution in [2.24, 2.45) is 17.5 Å². The van der Waals surface area contributed by atoms with E-state index in [0.29, 0.717) is 25.2 Å². The number of guanidine groups is 1. The van der Waals surface area contributed by atoms with E-state index in [9.17, 15) is 0 Å². The van der Waals surface area contributed by atoms with Crippen LogP contribution in [-0.2, 0) is 18.3 Å². The molecule has 7 nitrogen and oxygen atoms in total. The summed E-state index contributed by atoms with van der Waals surface area (Å²) >= 11 is 0. The van der Waals surface area contributed by atoms with Gasteiger partial charge < -0.3 is 19.9 Å². The molecule has 2 N–H and O–H groups in total. The lowest BCUT2D eigenvalue weighted by Crippen LogP contribution is -2.66. The minimum atomic E-state index is 0. The van der Waals surface area contributed by atoms with Crippen LogP contribution in [0.1, 0.15) is 57.1 Å². The molecule has 3 rings (SSSR count). The smallest absolute Gasteiger partial charge is 0.192 e. The molecule has 28 heavy (non-hydrogen) atoms. The largest absolute Gasteiger partial charge is 0.378 e. The van der Waals surface area contributed by atoms with Crippen molar-refractivity contribution in [3.05, 3.63) is 24.3 Å². The molecule has 2 atom stereocenters. The van der Waals surface area contributed by atoms with E-state index in [1.165, 1.54) is 32.1 Å². The number of hydrogen-bond donors (Lipinski definition) is 2. The average molecular weight is 502 g/mol. The molecule has 2 saturated carbocycles. The Morgan fingerprint density at radius 2 is 2.11 bits per heavy atom. The van der Waals surface area contributed by atoms with Gasteiger partial charge in [-0.2, -0.15) is 0 Å². The van der Waals surface area contributed by atoms with Crippen LogP contribution in [0, 0.1) is 12.3 Å². The predicted octanol–water partition coefficient (Wildman–Crippen LogP) is 3.09. The van der Waals surface area contributed by atoms with Crippen LogP contribution in [0.5, 0.6) is 0 Å². The zero-order valence-electron chi connectivity index (χ0n) is 17.4. The second kappa shape index (κ2) is 10.6. The molecule has 0 bridgehead atoms. The maximum Gasteiger partial charge on any atom is 0.192 e. The lowest BCUT2D eigenvalue weighted by atomic mass is 9.55. The van der Waals surface area contributed by atoms with Gasteiger partial charge in [0.1, 0.15) is 12.4 Å². The summed E-state index contributed by atoms with van der Waals surface area (Å²) in [6.07, 6.45) is 9.70. The van der Waals surface area contributed by atoms with E-state index in [1.54, 1.807) is 0 Å². The normalized spacial score (nSPS) is 23.6. The van der Waals surface area contributed by atoms with Crippen molar-refractivity contribution < 1.29 is 4.74 Å². The highest BCUT2D eigenvalue weighted by molar-refractivity contribution is 14.0. The number of halogens is 1. The van der Waals surface area contributed by atoms with Crippen molar-refractivity contribution in [1.29, 1.82) is 0 Å². The lowest BCUT2D eigenvalue weighted by molar-refractivity contribution is -0.145. The molecular weight excluding hydrogens is 467 g/mol. The summed E-state index contributed by atoms with van der Waals surface area (Å²) in [7, 11) is 1.97. The Kier molecular flexibility index (Phi) is 8.73. The molecule has 2 aliphatic rings. The van der Waals surface area contributed by atoms with Crippen LogP contribution in [-0.4, -0.2) is 46.0 Å². The maximum absolute atomic E-state index is 6.07. The second-order valence-corrected chi connectivity index (χ2v) is 7.73. The summed E-state index contributed by atoms with van der Waals surface area (Å²) in [5.41, 5.74) is 0.256. The summed E-state index contributed by atoms with van der Waals surface area (Å²) in [6.45, 7) is 9.82. The number of aromatic nitrogens is 3. The third kappa shape index (κ3) is 4.87. The summed E-state index contributed by atoms with van der Waals surface area (Å²) in [4.78, 5) is 4.76. The van der Waals surface area contributed by atoms with Crippen LogP contribution >= 0.6 is 24.0 Å². The molecule has 0 aliphatic heterocycles. The van der Waals surface area contributed by atoms with Crippen LogP contribution in [0.15, 0.2) is 17.6 Å². The van der Waals surface area contributed by atoms with Crippen LogP contribution in [0.2, 0.25) is 0 Å². The summed E-state index contributed by atoms with van der Waals surface area (Å²) in [5, 5.41) is 15.4. The predicted molar refractivity (Wildman–Crippen MR) is 123 cm³/mol. The molecule has 1 aromatic heterocycles. The third-order valence-corrected chi connectivity index (χ3v) is 6.22. The van der Waals surface area contributed by atoms with E-state index >= 15 is 0 Å². The van der Waals surface area contributed by atoms with E-state index in [4.69, 9.17) is 9.73 Å². The first kappa shape index (κ1) is 23.1. The van der Waals surface area contributed by atoms with Gasteiger partial charge in [-0.3, -0.25) is 0 Å². The average Bonchev–Trinajstić information content (AvgIpc) is 3.01. The molecule has 1 spiro atoms. The molecule has 2 aliphatic carbocycles. The highest BCUT2D eigenvalue weighted by Crippen LogP contribution is 2.53. The lowest BCUT2D eigenvalue weighted by Gasteiger charge is -2.57. The van der Waals surface area contributed by atoms with Gasteiger partial charge in [-0.1, -0.05) is 25.3 Å². The van der Waals surface area contributed by atoms with Crippen molar-refractivity contribution in [2.45, 2.75) is 71.1 Å². The van der Waals surface area contributed by atoms with Crippen molar-refractivity contribution >= 4 is 29.9 Å². The minimum Gasteiger partial charge on any atom is -0.378 e. The van der Waals surface area contributed by atoms with Gasteiger partial charge in [-0.15, -0.1) is 40.8 Å². The van der Waals surface area contributed by atoms with Crippen molar-refractivity contribution in [1.82, 2.24) is 25.4 Å². The van der Waals surface area contributed by atoms with Gasteiger partial charge in [0.25, 0.3) is 0 Å². The number of hydrogen-bond acceptors (Lipinski definition) is 4. The van der Waals surface area contributed by atoms with Crippen LogP contribution < -0.4 is 10.6 Å². The zero-order chi connectivity index (χ0) is 19.3. The molecule has 0 saturated heterocycles. The molecule has 0 aromatic carbocycles. The number of aliphatic imine (C=N–C) groups is 1. The molecule has 0 radical (unpaired) electrons. The highest BCUT2D eigenvalue weighted by Gasteiger charge is 2.55. The third-order valence-electron chi connectivity index (χ3n) is 6.22. The Morgan fingerprint density at radius 1 is 1.36 bits per heavy atom. The number of rotatable bonds is 7. The molecule has 0 amide bonds. The van der Waals surface area contributed by atoms with Gasteiger partial charge in [0.15, 0.2) is 11.8 Å². The van der Waals surface area contributed by atoms with E-state index in [-0.39, 0.29) is 29.4 Å². The monoisotopic (exact) mass is 502 g/mol. The van der Waals surface area contributed by atoms with Gasteiger partial charge >= 0.3 is 0 Å². The Labute approximate surface area is 185 Å². The van der Waals surface area contributed by atoms with E-state index in [2.05, 4.69) is 34.3 Å². The first-order chi connectivity index (χ1) is 13.1. The first-order valence-corrected chi connectivity index (χ1v) is 10.2. The van der Waals surface area contributed by atoms with Gasteiger partial charge in [-0.05, 0) is 33.1 Å². The first-order valence-electron chi connectivity index (χ1n) is 10.2. The number of aryl methyl sites for hydroxylation is 1. The van der Waals surface area contributed by atoms with Gasteiger partial charge in [0.05, 0.1) is 6.10 Å². The van der Waals surface area contributed by atoms with E-state index in [1.807, 2.05) is 24.6 Å². The maximum atomic E-state index is 6.07. The molecule has 2 fully saturated rings. The van der Waals surface area contributed by atoms with Crippen LogP contribution in [0.4, 0.5) is 0 Å². The van der Waals surface area contributed by atoms with Crippen LogP contribution in [0.3, 0.4) is 0 Å². The molecule has 158 valence electrons. The Bertz CT molecular complexity index is 668. The fourth-order valence-electron chi connectivity index (χ4n) is 4.49. The molecule has 1 aromatic rings. The topological polar surface area (TPSA) is 76.4 Å². The standard InChI is InChI=1S/C20H34N6O.HI/c1-5-12-21-19(22-14-18-25-24-15(3)26(18)4)23-16-13-17(27-6-2)20(16)10-8-7-9-11-20;/h5,16-17H,1,6-14H2,2-4H3,(H2,21,22,23);1H. The zero-order valence-corrected chi connectivity index (χ0v) is 19.7. The fourth-order valence-corrected chi connectivity index (χ4v) is 4.49. The van der Waals surface area contributed by atoms with Gasteiger partial charge in [0.2, 0.25) is 0 Å². The molecule has 2 unspecified atom stereocenters. The SMILES string of the molecule is C=CCNC(=NCc1nnc(C)n1C)NC1CC(OCC)C12CCCCC2.I. The second-order valence-electron chi connectivity index (χ2n) is 7.73. The van der Waals surface area contributed by atoms with E-state index < -0.39 is 0 Å². The number of nitrogens with one attached hydrogen (secondary N) is 2. The molecule has 1 heterocycles. The summed E-state index contributed by atoms with van der Waals surface area (Å²) in [6, 6.07) is 0.409. The quantitative estimate of drug-likeness (QED) is 0.260. The Balaban J connectivity index is 0.00000280. The fraction of sp³-hybridized carbons (Fsp3) is 0.750. The summed E-state index contributed by atoms with van der Waals surface area (Å²) < 4.78 is 8.05. The highest BCUT2D eigenvalue weighted by atomic mass is 127. The summed E-state index contributed by atoms with van der Waals surface area (Å²) in [5.74, 6) is 2.58.